The van der Waals surface area contributed by atoms with Gasteiger partial charge < -0.3 is 20.3 Å². The fourth-order valence-electron chi connectivity index (χ4n) is 5.16. The Kier molecular flexibility index (Phi) is 7.03. The van der Waals surface area contributed by atoms with Crippen molar-refractivity contribution in [2.45, 2.75) is 51.8 Å². The van der Waals surface area contributed by atoms with E-state index in [0.717, 1.165) is 36.2 Å². The van der Waals surface area contributed by atoms with Gasteiger partial charge in [0.2, 0.25) is 11.8 Å². The summed E-state index contributed by atoms with van der Waals surface area (Å²) in [5.74, 6) is 0.767. The summed E-state index contributed by atoms with van der Waals surface area (Å²) in [5, 5.41) is 6.26. The Labute approximate surface area is 223 Å². The van der Waals surface area contributed by atoms with E-state index >= 15 is 0 Å². The van der Waals surface area contributed by atoms with Gasteiger partial charge in [0.25, 0.3) is 5.91 Å². The summed E-state index contributed by atoms with van der Waals surface area (Å²) in [4.78, 5) is 38.2. The topological polar surface area (TPSA) is 99.7 Å². The van der Waals surface area contributed by atoms with Gasteiger partial charge in [-0.05, 0) is 61.3 Å². The second-order valence-corrected chi connectivity index (χ2v) is 10.6. The van der Waals surface area contributed by atoms with Crippen LogP contribution in [-0.2, 0) is 16.8 Å². The summed E-state index contributed by atoms with van der Waals surface area (Å²) in [7, 11) is 2.06. The summed E-state index contributed by atoms with van der Waals surface area (Å²) >= 11 is 0. The minimum Gasteiger partial charge on any atom is -0.458 e. The van der Waals surface area contributed by atoms with Gasteiger partial charge in [0.1, 0.15) is 5.82 Å². The lowest BCUT2D eigenvalue weighted by Crippen LogP contribution is -2.32. The van der Waals surface area contributed by atoms with Crippen LogP contribution in [0.4, 0.5) is 17.2 Å². The van der Waals surface area contributed by atoms with Gasteiger partial charge >= 0.3 is 0 Å². The van der Waals surface area contributed by atoms with Gasteiger partial charge in [-0.3, -0.25) is 14.5 Å². The van der Waals surface area contributed by atoms with E-state index in [1.807, 2.05) is 30.3 Å². The van der Waals surface area contributed by atoms with Crippen LogP contribution in [0.1, 0.15) is 55.1 Å². The van der Waals surface area contributed by atoms with Gasteiger partial charge in [0.05, 0.1) is 5.56 Å². The molecule has 198 valence electrons. The van der Waals surface area contributed by atoms with Crippen molar-refractivity contribution in [2.75, 3.05) is 35.7 Å². The number of benzene rings is 1. The standard InChI is InChI=1S/C29H34N6O3/c1-19(36)35-18-29(2,3)23-10-9-21(16-24(23)35)33-28(37)22-7-5-12-31-27(22)32-17-20-11-13-30-25(15-20)38-26-8-6-14-34(26)4/h5,7,9-13,15-16,26H,6,8,14,17-18H2,1-4H3,(H,31,32)(H,33,37). The number of aromatic nitrogens is 2. The van der Waals surface area contributed by atoms with Crippen LogP contribution in [0.5, 0.6) is 5.88 Å². The summed E-state index contributed by atoms with van der Waals surface area (Å²) in [6, 6.07) is 13.0. The average molecular weight is 515 g/mol. The summed E-state index contributed by atoms with van der Waals surface area (Å²) in [5.41, 5.74) is 3.81. The van der Waals surface area contributed by atoms with Gasteiger partial charge in [-0.2, -0.15) is 0 Å². The number of anilines is 3. The van der Waals surface area contributed by atoms with Gasteiger partial charge in [0, 0.05) is 61.8 Å². The van der Waals surface area contributed by atoms with Crippen LogP contribution in [0.3, 0.4) is 0 Å². The Hall–Kier alpha value is -3.98. The lowest BCUT2D eigenvalue weighted by molar-refractivity contribution is -0.116. The molecule has 0 saturated carbocycles. The normalized spacial score (nSPS) is 18.2. The lowest BCUT2D eigenvalue weighted by atomic mass is 9.87. The van der Waals surface area contributed by atoms with Crippen LogP contribution in [0, 0.1) is 0 Å². The number of fused-ring (bicyclic) bond motifs is 1. The highest BCUT2D eigenvalue weighted by Crippen LogP contribution is 2.41. The summed E-state index contributed by atoms with van der Waals surface area (Å²) < 4.78 is 6.06. The number of nitrogens with one attached hydrogen (secondary N) is 2. The Morgan fingerprint density at radius 1 is 1.13 bits per heavy atom. The van der Waals surface area contributed by atoms with E-state index in [0.29, 0.717) is 36.0 Å². The van der Waals surface area contributed by atoms with Crippen LogP contribution in [0.25, 0.3) is 0 Å². The molecule has 0 radical (unpaired) electrons. The molecule has 1 saturated heterocycles. The molecule has 0 aliphatic carbocycles. The Bertz CT molecular complexity index is 1360. The Morgan fingerprint density at radius 2 is 1.97 bits per heavy atom. The zero-order chi connectivity index (χ0) is 26.9. The molecule has 2 aliphatic heterocycles. The van der Waals surface area contributed by atoms with Crippen LogP contribution >= 0.6 is 0 Å². The summed E-state index contributed by atoms with van der Waals surface area (Å²) in [6.07, 6.45) is 5.53. The molecule has 9 nitrogen and oxygen atoms in total. The highest BCUT2D eigenvalue weighted by Gasteiger charge is 2.37. The van der Waals surface area contributed by atoms with Crippen LogP contribution in [-0.4, -0.2) is 53.0 Å². The van der Waals surface area contributed by atoms with E-state index in [1.54, 1.807) is 36.4 Å². The third kappa shape index (κ3) is 5.33. The molecular weight excluding hydrogens is 480 g/mol. The number of carbonyl (C=O) groups is 2. The maximum atomic E-state index is 13.3. The van der Waals surface area contributed by atoms with E-state index in [4.69, 9.17) is 4.74 Å². The van der Waals surface area contributed by atoms with Gasteiger partial charge in [-0.15, -0.1) is 0 Å². The minimum absolute atomic E-state index is 0.0148. The van der Waals surface area contributed by atoms with Crippen LogP contribution in [0.2, 0.25) is 0 Å². The predicted molar refractivity (Wildman–Crippen MR) is 148 cm³/mol. The summed E-state index contributed by atoms with van der Waals surface area (Å²) in [6.45, 7) is 7.89. The molecule has 4 heterocycles. The van der Waals surface area contributed by atoms with Gasteiger partial charge in [-0.25, -0.2) is 9.97 Å². The molecule has 1 aromatic carbocycles. The van der Waals surface area contributed by atoms with Crippen molar-refractivity contribution in [3.8, 4) is 5.88 Å². The fourth-order valence-corrected chi connectivity index (χ4v) is 5.16. The van der Waals surface area contributed by atoms with E-state index in [2.05, 4.69) is 46.4 Å². The molecule has 1 fully saturated rings. The molecule has 38 heavy (non-hydrogen) atoms. The third-order valence-electron chi connectivity index (χ3n) is 7.23. The average Bonchev–Trinajstić information content (AvgIpc) is 3.42. The highest BCUT2D eigenvalue weighted by atomic mass is 16.5. The molecule has 5 rings (SSSR count). The quantitative estimate of drug-likeness (QED) is 0.482. The number of rotatable bonds is 7. The monoisotopic (exact) mass is 514 g/mol. The van der Waals surface area contributed by atoms with E-state index in [1.165, 1.54) is 0 Å². The van der Waals surface area contributed by atoms with Crippen LogP contribution in [0.15, 0.2) is 54.9 Å². The predicted octanol–water partition coefficient (Wildman–Crippen LogP) is 4.42. The van der Waals surface area contributed by atoms with E-state index in [9.17, 15) is 9.59 Å². The van der Waals surface area contributed by atoms with Crippen molar-refractivity contribution in [1.82, 2.24) is 14.9 Å². The second-order valence-electron chi connectivity index (χ2n) is 10.6. The van der Waals surface area contributed by atoms with Crippen molar-refractivity contribution >= 4 is 29.0 Å². The number of hydrogen-bond donors (Lipinski definition) is 2. The molecule has 2 N–H and O–H groups in total. The molecule has 0 spiro atoms. The van der Waals surface area contributed by atoms with Crippen molar-refractivity contribution in [3.63, 3.8) is 0 Å². The molecule has 2 amide bonds. The number of likely N-dealkylation sites (tertiary alicyclic amines) is 1. The van der Waals surface area contributed by atoms with Crippen molar-refractivity contribution in [1.29, 1.82) is 0 Å². The van der Waals surface area contributed by atoms with Crippen molar-refractivity contribution in [2.24, 2.45) is 0 Å². The first-order valence-corrected chi connectivity index (χ1v) is 13.0. The molecular formula is C29H34N6O3. The van der Waals surface area contributed by atoms with Gasteiger partial charge in [0.15, 0.2) is 6.23 Å². The molecule has 1 atom stereocenters. The smallest absolute Gasteiger partial charge is 0.259 e. The van der Waals surface area contributed by atoms with Crippen LogP contribution < -0.4 is 20.3 Å². The molecule has 3 aromatic rings. The Morgan fingerprint density at radius 3 is 2.74 bits per heavy atom. The third-order valence-corrected chi connectivity index (χ3v) is 7.23. The number of amides is 2. The van der Waals surface area contributed by atoms with Crippen molar-refractivity contribution < 1.29 is 14.3 Å². The first kappa shape index (κ1) is 25.7. The van der Waals surface area contributed by atoms with E-state index in [-0.39, 0.29) is 23.5 Å². The first-order valence-electron chi connectivity index (χ1n) is 13.0. The second kappa shape index (κ2) is 10.4. The molecule has 1 unspecified atom stereocenters. The molecule has 0 bridgehead atoms. The number of nitrogens with zero attached hydrogens (tertiary/aromatic N) is 4. The SMILES string of the molecule is CC(=O)N1CC(C)(C)c2ccc(NC(=O)c3cccnc3NCc3ccnc(OC4CCCN4C)c3)cc21. The Balaban J connectivity index is 1.28. The first-order chi connectivity index (χ1) is 18.2. The van der Waals surface area contributed by atoms with E-state index < -0.39 is 0 Å². The number of carbonyl (C=O) groups excluding carboxylic acids is 2. The maximum Gasteiger partial charge on any atom is 0.259 e. The lowest BCUT2D eigenvalue weighted by Gasteiger charge is -2.20. The highest BCUT2D eigenvalue weighted by molar-refractivity contribution is 6.08. The number of ether oxygens (including phenoxy) is 1. The maximum absolute atomic E-state index is 13.3. The largest absolute Gasteiger partial charge is 0.458 e. The zero-order valence-electron chi connectivity index (χ0n) is 22.3. The van der Waals surface area contributed by atoms with Crippen molar-refractivity contribution in [3.05, 3.63) is 71.5 Å². The minimum atomic E-state index is -0.282. The zero-order valence-corrected chi connectivity index (χ0v) is 22.3. The fraction of sp³-hybridized carbons (Fsp3) is 0.379. The molecule has 2 aromatic heterocycles. The molecule has 9 heteroatoms. The number of hydrogen-bond acceptors (Lipinski definition) is 7. The molecule has 2 aliphatic rings. The van der Waals surface area contributed by atoms with Gasteiger partial charge in [-0.1, -0.05) is 19.9 Å². The number of pyridine rings is 2.